The van der Waals surface area contributed by atoms with Crippen LogP contribution >= 0.6 is 11.3 Å². The summed E-state index contributed by atoms with van der Waals surface area (Å²) in [5.74, 6) is 0.548. The van der Waals surface area contributed by atoms with Crippen LogP contribution in [0.2, 0.25) is 0 Å². The van der Waals surface area contributed by atoms with Crippen molar-refractivity contribution in [3.05, 3.63) is 40.0 Å². The van der Waals surface area contributed by atoms with Crippen molar-refractivity contribution in [3.8, 4) is 22.8 Å². The van der Waals surface area contributed by atoms with E-state index in [4.69, 9.17) is 10.3 Å². The van der Waals surface area contributed by atoms with Crippen molar-refractivity contribution < 1.29 is 8.91 Å². The molecule has 0 aliphatic rings. The molecule has 0 saturated carbocycles. The molecule has 6 heteroatoms. The molecule has 3 aromatic rings. The summed E-state index contributed by atoms with van der Waals surface area (Å²) in [6.45, 7) is 5.79. The molecule has 3 rings (SSSR count). The van der Waals surface area contributed by atoms with Crippen molar-refractivity contribution in [2.24, 2.45) is 0 Å². The Morgan fingerprint density at radius 3 is 2.62 bits per heavy atom. The Hall–Kier alpha value is -2.21. The quantitative estimate of drug-likeness (QED) is 0.773. The van der Waals surface area contributed by atoms with Crippen LogP contribution in [0.15, 0.2) is 22.7 Å². The molecule has 0 unspecified atom stereocenters. The van der Waals surface area contributed by atoms with E-state index in [0.29, 0.717) is 16.7 Å². The minimum atomic E-state index is -0.284. The van der Waals surface area contributed by atoms with E-state index in [1.54, 1.807) is 6.07 Å². The fraction of sp³-hybridized carbons (Fsp3) is 0.200. The number of aromatic nitrogens is 2. The van der Waals surface area contributed by atoms with Crippen LogP contribution in [0.1, 0.15) is 16.0 Å². The fourth-order valence-corrected chi connectivity index (χ4v) is 3.16. The Morgan fingerprint density at radius 2 is 2.00 bits per heavy atom. The van der Waals surface area contributed by atoms with E-state index in [2.05, 4.69) is 10.1 Å². The molecule has 0 saturated heterocycles. The molecule has 4 nitrogen and oxygen atoms in total. The van der Waals surface area contributed by atoms with Crippen LogP contribution in [0.3, 0.4) is 0 Å². The molecular formula is C15H14FN3OS. The maximum atomic E-state index is 13.2. The van der Waals surface area contributed by atoms with Gasteiger partial charge in [-0.15, -0.1) is 11.3 Å². The number of hydrogen-bond donors (Lipinski definition) is 1. The van der Waals surface area contributed by atoms with Crippen LogP contribution < -0.4 is 5.73 Å². The van der Waals surface area contributed by atoms with Gasteiger partial charge in [0.1, 0.15) is 5.82 Å². The topological polar surface area (TPSA) is 64.9 Å². The Bertz CT molecular complexity index is 822. The molecule has 0 aliphatic carbocycles. The van der Waals surface area contributed by atoms with Crippen molar-refractivity contribution in [3.63, 3.8) is 0 Å². The molecule has 2 aromatic heterocycles. The second-order valence-electron chi connectivity index (χ2n) is 4.90. The van der Waals surface area contributed by atoms with Crippen molar-refractivity contribution in [2.45, 2.75) is 20.8 Å². The number of hydrogen-bond acceptors (Lipinski definition) is 5. The maximum Gasteiger partial charge on any atom is 0.261 e. The lowest BCUT2D eigenvalue weighted by molar-refractivity contribution is 0.432. The number of aryl methyl sites for hydroxylation is 2. The minimum Gasteiger partial charge on any atom is -0.390 e. The van der Waals surface area contributed by atoms with Gasteiger partial charge in [-0.25, -0.2) is 4.39 Å². The van der Waals surface area contributed by atoms with Crippen LogP contribution in [-0.4, -0.2) is 10.1 Å². The highest BCUT2D eigenvalue weighted by Crippen LogP contribution is 2.37. The summed E-state index contributed by atoms with van der Waals surface area (Å²) in [5.41, 5.74) is 9.35. The van der Waals surface area contributed by atoms with E-state index in [1.807, 2.05) is 20.8 Å². The molecule has 0 aliphatic heterocycles. The lowest BCUT2D eigenvalue weighted by Gasteiger charge is -1.99. The summed E-state index contributed by atoms with van der Waals surface area (Å²) in [4.78, 5) is 5.53. The molecule has 0 bridgehead atoms. The van der Waals surface area contributed by atoms with E-state index in [1.165, 1.54) is 23.5 Å². The first-order chi connectivity index (χ1) is 9.97. The number of nitrogen functional groups attached to an aromatic ring is 1. The first-order valence-corrected chi connectivity index (χ1v) is 7.25. The van der Waals surface area contributed by atoms with Crippen molar-refractivity contribution in [2.75, 3.05) is 5.73 Å². The number of anilines is 1. The lowest BCUT2D eigenvalue weighted by Crippen LogP contribution is -1.88. The Morgan fingerprint density at radius 1 is 1.24 bits per heavy atom. The minimum absolute atomic E-state index is 0.284. The van der Waals surface area contributed by atoms with Gasteiger partial charge in [0.15, 0.2) is 0 Å². The number of rotatable bonds is 2. The highest BCUT2D eigenvalue weighted by Gasteiger charge is 2.19. The molecule has 21 heavy (non-hydrogen) atoms. The van der Waals surface area contributed by atoms with E-state index < -0.39 is 0 Å². The molecule has 0 spiro atoms. The molecule has 2 heterocycles. The van der Waals surface area contributed by atoms with Gasteiger partial charge in [-0.2, -0.15) is 4.98 Å². The van der Waals surface area contributed by atoms with Gasteiger partial charge < -0.3 is 10.3 Å². The average Bonchev–Trinajstić information content (AvgIpc) is 2.96. The second kappa shape index (κ2) is 4.96. The number of thiophene rings is 1. The standard InChI is InChI=1S/C15H14FN3OS/c1-7-6-10(16)4-5-11(7)14-18-15(20-19-14)12-8(2)9(3)21-13(12)17/h4-6H,17H2,1-3H3. The van der Waals surface area contributed by atoms with Crippen LogP contribution in [-0.2, 0) is 0 Å². The van der Waals surface area contributed by atoms with Crippen LogP contribution in [0.4, 0.5) is 9.39 Å². The molecule has 108 valence electrons. The number of nitrogens with zero attached hydrogens (tertiary/aromatic N) is 2. The van der Waals surface area contributed by atoms with Gasteiger partial charge in [0.25, 0.3) is 5.89 Å². The Balaban J connectivity index is 2.08. The predicted molar refractivity (Wildman–Crippen MR) is 81.6 cm³/mol. The molecule has 0 amide bonds. The van der Waals surface area contributed by atoms with Gasteiger partial charge in [0.2, 0.25) is 5.82 Å². The van der Waals surface area contributed by atoms with E-state index in [-0.39, 0.29) is 5.82 Å². The van der Waals surface area contributed by atoms with Crippen LogP contribution in [0, 0.1) is 26.6 Å². The zero-order valence-corrected chi connectivity index (χ0v) is 12.7. The summed E-state index contributed by atoms with van der Waals surface area (Å²) in [6, 6.07) is 4.47. The molecule has 1 aromatic carbocycles. The largest absolute Gasteiger partial charge is 0.390 e. The van der Waals surface area contributed by atoms with Crippen molar-refractivity contribution >= 4 is 16.3 Å². The first-order valence-electron chi connectivity index (χ1n) is 6.43. The molecule has 0 atom stereocenters. The SMILES string of the molecule is Cc1cc(F)ccc1-c1noc(-c2c(N)sc(C)c2C)n1. The number of halogens is 1. The van der Waals surface area contributed by atoms with Gasteiger partial charge in [0, 0.05) is 10.4 Å². The second-order valence-corrected chi connectivity index (χ2v) is 6.16. The van der Waals surface area contributed by atoms with Gasteiger partial charge in [-0.1, -0.05) is 5.16 Å². The first kappa shape index (κ1) is 13.8. The predicted octanol–water partition coefficient (Wildman–Crippen LogP) is 4.11. The molecule has 0 fully saturated rings. The third-order valence-electron chi connectivity index (χ3n) is 3.48. The summed E-state index contributed by atoms with van der Waals surface area (Å²) >= 11 is 1.50. The maximum absolute atomic E-state index is 13.2. The number of nitrogens with two attached hydrogens (primary N) is 1. The summed E-state index contributed by atoms with van der Waals surface area (Å²) < 4.78 is 18.5. The monoisotopic (exact) mass is 303 g/mol. The van der Waals surface area contributed by atoms with E-state index in [9.17, 15) is 4.39 Å². The normalized spacial score (nSPS) is 11.0. The summed E-state index contributed by atoms with van der Waals surface area (Å²) in [7, 11) is 0. The Labute approximate surface area is 125 Å². The highest BCUT2D eigenvalue weighted by molar-refractivity contribution is 7.16. The molecule has 2 N–H and O–H groups in total. The highest BCUT2D eigenvalue weighted by atomic mass is 32.1. The van der Waals surface area contributed by atoms with E-state index >= 15 is 0 Å². The molecule has 0 radical (unpaired) electrons. The Kier molecular flexibility index (Phi) is 3.25. The van der Waals surface area contributed by atoms with Crippen LogP contribution in [0.25, 0.3) is 22.8 Å². The van der Waals surface area contributed by atoms with Gasteiger partial charge in [-0.3, -0.25) is 0 Å². The van der Waals surface area contributed by atoms with Gasteiger partial charge in [0.05, 0.1) is 10.6 Å². The van der Waals surface area contributed by atoms with Crippen molar-refractivity contribution in [1.29, 1.82) is 0 Å². The average molecular weight is 303 g/mol. The molecular weight excluding hydrogens is 289 g/mol. The van der Waals surface area contributed by atoms with Crippen molar-refractivity contribution in [1.82, 2.24) is 10.1 Å². The van der Waals surface area contributed by atoms with Gasteiger partial charge in [-0.05, 0) is 50.1 Å². The summed E-state index contributed by atoms with van der Waals surface area (Å²) in [6.07, 6.45) is 0. The fourth-order valence-electron chi connectivity index (χ4n) is 2.23. The number of benzene rings is 1. The smallest absolute Gasteiger partial charge is 0.261 e. The summed E-state index contributed by atoms with van der Waals surface area (Å²) in [5, 5.41) is 4.65. The van der Waals surface area contributed by atoms with Crippen LogP contribution in [0.5, 0.6) is 0 Å². The third-order valence-corrected chi connectivity index (χ3v) is 4.52. The lowest BCUT2D eigenvalue weighted by atomic mass is 10.1. The zero-order chi connectivity index (χ0) is 15.1. The van der Waals surface area contributed by atoms with Gasteiger partial charge >= 0.3 is 0 Å². The third kappa shape index (κ3) is 2.31. The van der Waals surface area contributed by atoms with E-state index in [0.717, 1.165) is 27.1 Å². The zero-order valence-electron chi connectivity index (χ0n) is 11.9.